The van der Waals surface area contributed by atoms with E-state index in [1.807, 2.05) is 16.8 Å². The number of hydrogen-bond donors (Lipinski definition) is 0. The number of nitrogens with zero attached hydrogens (tertiary/aromatic N) is 4. The number of benzene rings is 1. The third kappa shape index (κ3) is 4.11. The van der Waals surface area contributed by atoms with Crippen LogP contribution in [0.5, 0.6) is 0 Å². The van der Waals surface area contributed by atoms with Crippen molar-refractivity contribution in [3.63, 3.8) is 0 Å². The van der Waals surface area contributed by atoms with Crippen LogP contribution in [-0.4, -0.2) is 37.6 Å². The molecule has 3 aromatic rings. The van der Waals surface area contributed by atoms with Gasteiger partial charge in [-0.25, -0.2) is 0 Å². The zero-order valence-electron chi connectivity index (χ0n) is 15.8. The Labute approximate surface area is 175 Å². The molecule has 0 spiro atoms. The van der Waals surface area contributed by atoms with Crippen molar-refractivity contribution in [3.8, 4) is 22.4 Å². The molecule has 5 nitrogen and oxygen atoms in total. The van der Waals surface area contributed by atoms with Gasteiger partial charge in [0.1, 0.15) is 5.69 Å². The topological polar surface area (TPSA) is 51.0 Å². The summed E-state index contributed by atoms with van der Waals surface area (Å²) in [6.45, 7) is 4.96. The number of aromatic nitrogens is 3. The second-order valence-corrected chi connectivity index (χ2v) is 7.80. The molecule has 0 N–H and O–H groups in total. The van der Waals surface area contributed by atoms with Crippen molar-refractivity contribution in [2.45, 2.75) is 23.5 Å². The Morgan fingerprint density at radius 2 is 1.77 bits per heavy atom. The summed E-state index contributed by atoms with van der Waals surface area (Å²) in [5.74, 6) is -0.154. The van der Waals surface area contributed by atoms with E-state index in [1.54, 1.807) is 29.4 Å². The normalized spacial score (nSPS) is 13.8. The third-order valence-corrected chi connectivity index (χ3v) is 5.54. The standard InChI is InChI=1S/C21H17F3N4OS/c1-2-18(29)27-11-12-28-17(13-27)19(14-7-9-25-10-8-14)20(26-28)15-3-5-16(6-4-15)30-21(22,23)24/h2-10H,1,11-13H2. The number of hydrogen-bond acceptors (Lipinski definition) is 4. The summed E-state index contributed by atoms with van der Waals surface area (Å²) in [6, 6.07) is 9.86. The van der Waals surface area contributed by atoms with Gasteiger partial charge < -0.3 is 4.90 Å². The van der Waals surface area contributed by atoms with E-state index in [0.717, 1.165) is 16.8 Å². The molecule has 2 aromatic heterocycles. The molecule has 30 heavy (non-hydrogen) atoms. The van der Waals surface area contributed by atoms with Crippen molar-refractivity contribution in [2.24, 2.45) is 0 Å². The number of alkyl halides is 3. The van der Waals surface area contributed by atoms with E-state index in [0.29, 0.717) is 30.9 Å². The fraction of sp³-hybridized carbons (Fsp3) is 0.190. The lowest BCUT2D eigenvalue weighted by molar-refractivity contribution is -0.127. The van der Waals surface area contributed by atoms with Crippen LogP contribution in [0.1, 0.15) is 5.69 Å². The van der Waals surface area contributed by atoms with Crippen LogP contribution < -0.4 is 0 Å². The Hall–Kier alpha value is -3.07. The molecule has 0 saturated carbocycles. The van der Waals surface area contributed by atoms with E-state index in [9.17, 15) is 18.0 Å². The number of thioether (sulfide) groups is 1. The second-order valence-electron chi connectivity index (χ2n) is 6.67. The zero-order valence-corrected chi connectivity index (χ0v) is 16.6. The molecule has 1 aromatic carbocycles. The molecule has 3 heterocycles. The van der Waals surface area contributed by atoms with Crippen LogP contribution in [0.25, 0.3) is 22.4 Å². The molecule has 0 unspecified atom stereocenters. The summed E-state index contributed by atoms with van der Waals surface area (Å²) >= 11 is -0.149. The van der Waals surface area contributed by atoms with Crippen molar-refractivity contribution in [3.05, 3.63) is 67.1 Å². The van der Waals surface area contributed by atoms with Crippen molar-refractivity contribution in [1.29, 1.82) is 0 Å². The van der Waals surface area contributed by atoms with Gasteiger partial charge >= 0.3 is 5.51 Å². The van der Waals surface area contributed by atoms with Gasteiger partial charge in [0, 0.05) is 35.0 Å². The smallest absolute Gasteiger partial charge is 0.331 e. The average molecular weight is 430 g/mol. The second kappa shape index (κ2) is 7.98. The van der Waals surface area contributed by atoms with Crippen LogP contribution in [0.15, 0.2) is 66.3 Å². The Morgan fingerprint density at radius 3 is 2.40 bits per heavy atom. The Balaban J connectivity index is 1.78. The van der Waals surface area contributed by atoms with Gasteiger partial charge in [0.15, 0.2) is 0 Å². The van der Waals surface area contributed by atoms with Gasteiger partial charge in [0.05, 0.1) is 18.8 Å². The first-order valence-corrected chi connectivity index (χ1v) is 9.95. The summed E-state index contributed by atoms with van der Waals surface area (Å²) in [5.41, 5.74) is -0.382. The number of pyridine rings is 1. The molecule has 4 rings (SSSR count). The Kier molecular flexibility index (Phi) is 5.38. The summed E-state index contributed by atoms with van der Waals surface area (Å²) in [5, 5.41) is 4.72. The lowest BCUT2D eigenvalue weighted by atomic mass is 9.99. The molecular formula is C21H17F3N4OS. The first kappa shape index (κ1) is 20.2. The maximum Gasteiger partial charge on any atom is 0.446 e. The van der Waals surface area contributed by atoms with Gasteiger partial charge in [0.2, 0.25) is 5.91 Å². The van der Waals surface area contributed by atoms with Crippen LogP contribution in [0.3, 0.4) is 0 Å². The fourth-order valence-corrected chi connectivity index (χ4v) is 4.01. The molecular weight excluding hydrogens is 413 g/mol. The maximum atomic E-state index is 12.6. The molecule has 0 radical (unpaired) electrons. The molecule has 0 atom stereocenters. The average Bonchev–Trinajstić information content (AvgIpc) is 3.12. The Bertz CT molecular complexity index is 1080. The summed E-state index contributed by atoms with van der Waals surface area (Å²) < 4.78 is 39.8. The van der Waals surface area contributed by atoms with Crippen molar-refractivity contribution in [1.82, 2.24) is 19.7 Å². The first-order valence-electron chi connectivity index (χ1n) is 9.13. The number of rotatable bonds is 4. The maximum absolute atomic E-state index is 12.6. The molecule has 0 aliphatic carbocycles. The number of fused-ring (bicyclic) bond motifs is 1. The molecule has 9 heteroatoms. The highest BCUT2D eigenvalue weighted by Gasteiger charge is 2.30. The minimum Gasteiger partial charge on any atom is -0.331 e. The minimum absolute atomic E-state index is 0.114. The van der Waals surface area contributed by atoms with Crippen molar-refractivity contribution < 1.29 is 18.0 Å². The predicted molar refractivity (Wildman–Crippen MR) is 108 cm³/mol. The van der Waals surface area contributed by atoms with Gasteiger partial charge in [-0.05, 0) is 47.7 Å². The number of halogens is 3. The molecule has 154 valence electrons. The van der Waals surface area contributed by atoms with E-state index in [-0.39, 0.29) is 22.6 Å². The van der Waals surface area contributed by atoms with Crippen LogP contribution in [-0.2, 0) is 17.9 Å². The van der Waals surface area contributed by atoms with Crippen LogP contribution in [0, 0.1) is 0 Å². The minimum atomic E-state index is -4.33. The van der Waals surface area contributed by atoms with Crippen LogP contribution in [0.4, 0.5) is 13.2 Å². The summed E-state index contributed by atoms with van der Waals surface area (Å²) in [6.07, 6.45) is 4.62. The lowest BCUT2D eigenvalue weighted by Gasteiger charge is -2.27. The number of amides is 1. The summed E-state index contributed by atoms with van der Waals surface area (Å²) in [7, 11) is 0. The highest BCUT2D eigenvalue weighted by Crippen LogP contribution is 2.39. The molecule has 0 fully saturated rings. The first-order chi connectivity index (χ1) is 14.4. The summed E-state index contributed by atoms with van der Waals surface area (Å²) in [4.78, 5) is 18.0. The van der Waals surface area contributed by atoms with Crippen LogP contribution in [0.2, 0.25) is 0 Å². The molecule has 1 aliphatic heterocycles. The molecule has 1 aliphatic rings. The van der Waals surface area contributed by atoms with E-state index in [4.69, 9.17) is 5.10 Å². The quantitative estimate of drug-likeness (QED) is 0.443. The van der Waals surface area contributed by atoms with Gasteiger partial charge in [-0.15, -0.1) is 0 Å². The monoisotopic (exact) mass is 430 g/mol. The molecule has 1 amide bonds. The molecule has 0 saturated heterocycles. The fourth-order valence-electron chi connectivity index (χ4n) is 3.47. The lowest BCUT2D eigenvalue weighted by Crippen LogP contribution is -2.37. The highest BCUT2D eigenvalue weighted by atomic mass is 32.2. The largest absolute Gasteiger partial charge is 0.446 e. The van der Waals surface area contributed by atoms with Gasteiger partial charge in [-0.3, -0.25) is 14.5 Å². The SMILES string of the molecule is C=CC(=O)N1CCn2nc(-c3ccc(SC(F)(F)F)cc3)c(-c3ccncc3)c2C1. The zero-order chi connectivity index (χ0) is 21.3. The number of carbonyl (C=O) groups is 1. The number of carbonyl (C=O) groups excluding carboxylic acids is 1. The van der Waals surface area contributed by atoms with E-state index in [2.05, 4.69) is 11.6 Å². The van der Waals surface area contributed by atoms with Crippen molar-refractivity contribution >= 4 is 17.7 Å². The van der Waals surface area contributed by atoms with Crippen LogP contribution >= 0.6 is 11.8 Å². The van der Waals surface area contributed by atoms with Gasteiger partial charge in [-0.2, -0.15) is 18.3 Å². The Morgan fingerprint density at radius 1 is 1.07 bits per heavy atom. The van der Waals surface area contributed by atoms with Gasteiger partial charge in [-0.1, -0.05) is 18.7 Å². The molecule has 0 bridgehead atoms. The third-order valence-electron chi connectivity index (χ3n) is 4.80. The highest BCUT2D eigenvalue weighted by molar-refractivity contribution is 8.00. The van der Waals surface area contributed by atoms with Gasteiger partial charge in [0.25, 0.3) is 0 Å². The van der Waals surface area contributed by atoms with E-state index >= 15 is 0 Å². The van der Waals surface area contributed by atoms with Crippen molar-refractivity contribution in [2.75, 3.05) is 6.54 Å². The van der Waals surface area contributed by atoms with E-state index < -0.39 is 5.51 Å². The van der Waals surface area contributed by atoms with E-state index in [1.165, 1.54) is 18.2 Å². The predicted octanol–water partition coefficient (Wildman–Crippen LogP) is 4.75.